The Hall–Kier alpha value is -3.33. The van der Waals surface area contributed by atoms with Crippen LogP contribution in [-0.2, 0) is 13.2 Å². The third kappa shape index (κ3) is 3.44. The first-order valence-electron chi connectivity index (χ1n) is 9.58. The third-order valence-corrected chi connectivity index (χ3v) is 5.17. The number of aromatic nitrogens is 6. The smallest absolute Gasteiger partial charge is 0.236 e. The van der Waals surface area contributed by atoms with Gasteiger partial charge in [-0.25, -0.2) is 14.6 Å². The van der Waals surface area contributed by atoms with Crippen molar-refractivity contribution in [2.75, 3.05) is 18.0 Å². The fraction of sp³-hybridized carbons (Fsp3) is 0.300. The Labute approximate surface area is 166 Å². The summed E-state index contributed by atoms with van der Waals surface area (Å²) in [5.74, 6) is -0.449. The summed E-state index contributed by atoms with van der Waals surface area (Å²) in [6, 6.07) is 5.51. The monoisotopic (exact) mass is 393 g/mol. The van der Waals surface area contributed by atoms with E-state index >= 15 is 0 Å². The molecule has 1 saturated heterocycles. The molecular formula is C20H20FN7O. The van der Waals surface area contributed by atoms with Crippen molar-refractivity contribution in [1.29, 1.82) is 0 Å². The first-order chi connectivity index (χ1) is 14.2. The fourth-order valence-corrected chi connectivity index (χ4v) is 3.69. The molecule has 29 heavy (non-hydrogen) atoms. The van der Waals surface area contributed by atoms with Crippen LogP contribution in [0, 0.1) is 5.95 Å². The van der Waals surface area contributed by atoms with Gasteiger partial charge in [-0.05, 0) is 30.5 Å². The molecule has 1 aliphatic rings. The van der Waals surface area contributed by atoms with Crippen LogP contribution >= 0.6 is 0 Å². The number of nitrogens with zero attached hydrogens (tertiary/aromatic N) is 7. The molecular weight excluding hydrogens is 373 g/mol. The normalized spacial score (nSPS) is 14.2. The summed E-state index contributed by atoms with van der Waals surface area (Å²) in [5, 5.41) is 17.7. The van der Waals surface area contributed by atoms with Crippen LogP contribution in [0.3, 0.4) is 0 Å². The number of hydrogen-bond donors (Lipinski definition) is 1. The van der Waals surface area contributed by atoms with E-state index in [4.69, 9.17) is 0 Å². The molecule has 5 rings (SSSR count). The predicted octanol–water partition coefficient (Wildman–Crippen LogP) is 2.27. The summed E-state index contributed by atoms with van der Waals surface area (Å²) in [6.07, 6.45) is 9.19. The van der Waals surface area contributed by atoms with Crippen LogP contribution in [0.4, 0.5) is 10.1 Å². The maximum absolute atomic E-state index is 14.2. The number of anilines is 1. The van der Waals surface area contributed by atoms with E-state index in [0.29, 0.717) is 17.9 Å². The van der Waals surface area contributed by atoms with Crippen LogP contribution in [-0.4, -0.2) is 47.6 Å². The predicted molar refractivity (Wildman–Crippen MR) is 105 cm³/mol. The quantitative estimate of drug-likeness (QED) is 0.524. The van der Waals surface area contributed by atoms with Gasteiger partial charge in [0.1, 0.15) is 11.3 Å². The van der Waals surface area contributed by atoms with E-state index in [9.17, 15) is 9.50 Å². The van der Waals surface area contributed by atoms with Gasteiger partial charge in [0.25, 0.3) is 0 Å². The van der Waals surface area contributed by atoms with Crippen LogP contribution in [0.2, 0.25) is 0 Å². The number of halogens is 1. The zero-order valence-electron chi connectivity index (χ0n) is 15.7. The summed E-state index contributed by atoms with van der Waals surface area (Å²) < 4.78 is 17.7. The molecule has 5 heterocycles. The van der Waals surface area contributed by atoms with Gasteiger partial charge in [0, 0.05) is 37.2 Å². The van der Waals surface area contributed by atoms with Gasteiger partial charge in [0.05, 0.1) is 30.7 Å². The van der Waals surface area contributed by atoms with E-state index in [1.54, 1.807) is 10.7 Å². The highest BCUT2D eigenvalue weighted by Crippen LogP contribution is 2.27. The van der Waals surface area contributed by atoms with Crippen LogP contribution < -0.4 is 4.90 Å². The summed E-state index contributed by atoms with van der Waals surface area (Å²) >= 11 is 0. The lowest BCUT2D eigenvalue weighted by Gasteiger charge is -2.18. The average molecular weight is 393 g/mol. The van der Waals surface area contributed by atoms with Gasteiger partial charge in [0.2, 0.25) is 5.95 Å². The van der Waals surface area contributed by atoms with E-state index in [2.05, 4.69) is 20.3 Å². The van der Waals surface area contributed by atoms with Gasteiger partial charge >= 0.3 is 0 Å². The van der Waals surface area contributed by atoms with Gasteiger partial charge in [-0.3, -0.25) is 0 Å². The minimum Gasteiger partial charge on any atom is -0.392 e. The number of imidazole rings is 1. The summed E-state index contributed by atoms with van der Waals surface area (Å²) in [5.41, 5.74) is 4.35. The Balaban J connectivity index is 1.39. The zero-order chi connectivity index (χ0) is 19.8. The van der Waals surface area contributed by atoms with Crippen molar-refractivity contribution >= 4 is 11.3 Å². The van der Waals surface area contributed by atoms with E-state index in [1.807, 2.05) is 40.0 Å². The summed E-state index contributed by atoms with van der Waals surface area (Å²) in [6.45, 7) is 2.14. The van der Waals surface area contributed by atoms with Crippen LogP contribution in [0.1, 0.15) is 24.1 Å². The van der Waals surface area contributed by atoms with Gasteiger partial charge in [-0.1, -0.05) is 11.3 Å². The Bertz CT molecular complexity index is 1160. The highest BCUT2D eigenvalue weighted by Gasteiger charge is 2.18. The Kier molecular flexibility index (Phi) is 4.44. The number of pyridine rings is 2. The van der Waals surface area contributed by atoms with Crippen molar-refractivity contribution in [2.45, 2.75) is 26.0 Å². The Morgan fingerprint density at radius 3 is 2.79 bits per heavy atom. The third-order valence-electron chi connectivity index (χ3n) is 5.17. The van der Waals surface area contributed by atoms with Crippen LogP contribution in [0.5, 0.6) is 0 Å². The van der Waals surface area contributed by atoms with Crippen LogP contribution in [0.25, 0.3) is 16.9 Å². The van der Waals surface area contributed by atoms with Gasteiger partial charge < -0.3 is 14.4 Å². The first-order valence-corrected chi connectivity index (χ1v) is 9.58. The maximum Gasteiger partial charge on any atom is 0.236 e. The molecule has 1 aliphatic heterocycles. The summed E-state index contributed by atoms with van der Waals surface area (Å²) in [4.78, 5) is 10.5. The van der Waals surface area contributed by atoms with Crippen LogP contribution in [0.15, 0.2) is 43.0 Å². The zero-order valence-corrected chi connectivity index (χ0v) is 15.7. The highest BCUT2D eigenvalue weighted by molar-refractivity contribution is 5.63. The molecule has 0 spiro atoms. The molecule has 0 aliphatic carbocycles. The molecule has 4 aromatic rings. The number of rotatable bonds is 5. The molecule has 8 nitrogen and oxygen atoms in total. The van der Waals surface area contributed by atoms with E-state index in [1.165, 1.54) is 6.20 Å². The lowest BCUT2D eigenvalue weighted by atomic mass is 10.2. The van der Waals surface area contributed by atoms with Crippen molar-refractivity contribution < 1.29 is 9.50 Å². The van der Waals surface area contributed by atoms with E-state index < -0.39 is 5.95 Å². The van der Waals surface area contributed by atoms with Gasteiger partial charge in [-0.2, -0.15) is 4.39 Å². The number of aliphatic hydroxyl groups excluding tert-OH is 1. The van der Waals surface area contributed by atoms with Gasteiger partial charge in [0.15, 0.2) is 0 Å². The molecule has 0 radical (unpaired) electrons. The molecule has 148 valence electrons. The van der Waals surface area contributed by atoms with E-state index in [0.717, 1.165) is 48.4 Å². The lowest BCUT2D eigenvalue weighted by molar-refractivity contribution is 0.281. The molecule has 0 saturated carbocycles. The standard InChI is InChI=1S/C20H20FN7O/c21-20-18(26-5-1-2-6-26)7-15(8-22-20)17-12-28(25-24-17)11-16-10-27-9-14(13-29)3-4-19(27)23-16/h3-4,7-10,12,29H,1-2,5-6,11,13H2. The molecule has 0 unspecified atom stereocenters. The fourth-order valence-electron chi connectivity index (χ4n) is 3.69. The number of aliphatic hydroxyl groups is 1. The lowest BCUT2D eigenvalue weighted by Crippen LogP contribution is -2.19. The minimum absolute atomic E-state index is 0.0129. The Morgan fingerprint density at radius 1 is 1.10 bits per heavy atom. The molecule has 1 N–H and O–H groups in total. The van der Waals surface area contributed by atoms with Gasteiger partial charge in [-0.15, -0.1) is 5.10 Å². The topological polar surface area (TPSA) is 84.4 Å². The Morgan fingerprint density at radius 2 is 1.97 bits per heavy atom. The second kappa shape index (κ2) is 7.25. The van der Waals surface area contributed by atoms with E-state index in [-0.39, 0.29) is 6.61 Å². The van der Waals surface area contributed by atoms with Crippen molar-refractivity contribution in [3.8, 4) is 11.3 Å². The molecule has 0 aromatic carbocycles. The molecule has 0 amide bonds. The molecule has 4 aromatic heterocycles. The highest BCUT2D eigenvalue weighted by atomic mass is 19.1. The second-order valence-electron chi connectivity index (χ2n) is 7.22. The molecule has 0 atom stereocenters. The SMILES string of the molecule is OCc1ccc2nc(Cn3cc(-c4cnc(F)c(N5CCCC5)c4)nn3)cn2c1. The van der Waals surface area contributed by atoms with Crippen molar-refractivity contribution in [1.82, 2.24) is 29.4 Å². The second-order valence-corrected chi connectivity index (χ2v) is 7.22. The maximum atomic E-state index is 14.2. The summed E-state index contributed by atoms with van der Waals surface area (Å²) in [7, 11) is 0. The number of hydrogen-bond acceptors (Lipinski definition) is 6. The van der Waals surface area contributed by atoms with Crippen molar-refractivity contribution in [3.63, 3.8) is 0 Å². The van der Waals surface area contributed by atoms with Crippen molar-refractivity contribution in [3.05, 3.63) is 60.2 Å². The first kappa shape index (κ1) is 17.7. The molecule has 0 bridgehead atoms. The molecule has 9 heteroatoms. The number of fused-ring (bicyclic) bond motifs is 1. The van der Waals surface area contributed by atoms with Crippen molar-refractivity contribution in [2.24, 2.45) is 0 Å². The minimum atomic E-state index is -0.449. The molecule has 1 fully saturated rings. The average Bonchev–Trinajstić information content (AvgIpc) is 3.48. The largest absolute Gasteiger partial charge is 0.392 e.